The van der Waals surface area contributed by atoms with E-state index in [2.05, 4.69) is 10.3 Å². The number of hydrogen-bond acceptors (Lipinski definition) is 2. The zero-order chi connectivity index (χ0) is 13.8. The van der Waals surface area contributed by atoms with Gasteiger partial charge in [0.15, 0.2) is 0 Å². The van der Waals surface area contributed by atoms with Gasteiger partial charge in [-0.1, -0.05) is 12.1 Å². The van der Waals surface area contributed by atoms with E-state index in [1.54, 1.807) is 12.4 Å². The maximum absolute atomic E-state index is 13.7. The van der Waals surface area contributed by atoms with Crippen molar-refractivity contribution in [1.29, 1.82) is 0 Å². The molecule has 1 aromatic heterocycles. The largest absolute Gasteiger partial charge is 0.303 e. The molecule has 0 saturated heterocycles. The molecule has 0 amide bonds. The Hall–Kier alpha value is -1.81. The van der Waals surface area contributed by atoms with E-state index < -0.39 is 11.6 Å². The zero-order valence-electron chi connectivity index (χ0n) is 10.9. The summed E-state index contributed by atoms with van der Waals surface area (Å²) in [5.41, 5.74) is 1.48. The fraction of sp³-hybridized carbons (Fsp3) is 0.267. The Labute approximate surface area is 111 Å². The van der Waals surface area contributed by atoms with Gasteiger partial charge in [-0.05, 0) is 31.5 Å². The quantitative estimate of drug-likeness (QED) is 0.907. The van der Waals surface area contributed by atoms with Crippen LogP contribution in [0.2, 0.25) is 0 Å². The molecule has 0 aliphatic heterocycles. The summed E-state index contributed by atoms with van der Waals surface area (Å²) in [7, 11) is 0. The summed E-state index contributed by atoms with van der Waals surface area (Å²) >= 11 is 0. The molecule has 2 atom stereocenters. The van der Waals surface area contributed by atoms with Crippen LogP contribution in [0.5, 0.6) is 0 Å². The lowest BCUT2D eigenvalue weighted by Crippen LogP contribution is -2.23. The molecule has 1 aromatic carbocycles. The van der Waals surface area contributed by atoms with Crippen LogP contribution in [0, 0.1) is 11.6 Å². The molecule has 0 bridgehead atoms. The van der Waals surface area contributed by atoms with Crippen molar-refractivity contribution in [1.82, 2.24) is 10.3 Å². The van der Waals surface area contributed by atoms with Crippen LogP contribution in [-0.4, -0.2) is 4.98 Å². The molecule has 0 spiro atoms. The lowest BCUT2D eigenvalue weighted by atomic mass is 10.0. The van der Waals surface area contributed by atoms with Gasteiger partial charge >= 0.3 is 0 Å². The highest BCUT2D eigenvalue weighted by molar-refractivity contribution is 5.22. The van der Waals surface area contributed by atoms with Crippen LogP contribution in [0.3, 0.4) is 0 Å². The Morgan fingerprint density at radius 2 is 1.89 bits per heavy atom. The number of hydrogen-bond donors (Lipinski definition) is 1. The molecule has 2 aromatic rings. The van der Waals surface area contributed by atoms with Crippen LogP contribution in [0.1, 0.15) is 37.1 Å². The minimum absolute atomic E-state index is 0.0353. The topological polar surface area (TPSA) is 24.9 Å². The van der Waals surface area contributed by atoms with Gasteiger partial charge in [0.25, 0.3) is 0 Å². The van der Waals surface area contributed by atoms with Crippen LogP contribution < -0.4 is 5.32 Å². The van der Waals surface area contributed by atoms with Gasteiger partial charge in [-0.25, -0.2) is 8.78 Å². The van der Waals surface area contributed by atoms with Gasteiger partial charge in [0.1, 0.15) is 11.6 Å². The third kappa shape index (κ3) is 3.35. The van der Waals surface area contributed by atoms with Crippen molar-refractivity contribution in [3.05, 3.63) is 65.5 Å². The SMILES string of the molecule is CC(N[C@H](C)c1cccnc1)c1ccc(F)cc1F. The lowest BCUT2D eigenvalue weighted by Gasteiger charge is -2.21. The minimum atomic E-state index is -0.561. The fourth-order valence-electron chi connectivity index (χ4n) is 2.05. The summed E-state index contributed by atoms with van der Waals surface area (Å²) in [5.74, 6) is -1.09. The molecule has 1 heterocycles. The third-order valence-corrected chi connectivity index (χ3v) is 3.11. The molecule has 4 heteroatoms. The maximum Gasteiger partial charge on any atom is 0.130 e. The maximum atomic E-state index is 13.7. The summed E-state index contributed by atoms with van der Waals surface area (Å²) in [6.45, 7) is 3.83. The van der Waals surface area contributed by atoms with Crippen molar-refractivity contribution < 1.29 is 8.78 Å². The van der Waals surface area contributed by atoms with Crippen molar-refractivity contribution in [3.63, 3.8) is 0 Å². The Balaban J connectivity index is 2.10. The first-order chi connectivity index (χ1) is 9.08. The van der Waals surface area contributed by atoms with Crippen LogP contribution in [0.15, 0.2) is 42.7 Å². The number of rotatable bonds is 4. The van der Waals surface area contributed by atoms with Crippen LogP contribution in [-0.2, 0) is 0 Å². The normalized spacial score (nSPS) is 14.1. The highest BCUT2D eigenvalue weighted by atomic mass is 19.1. The lowest BCUT2D eigenvalue weighted by molar-refractivity contribution is 0.470. The molecule has 0 radical (unpaired) electrons. The number of halogens is 2. The zero-order valence-corrected chi connectivity index (χ0v) is 10.9. The Morgan fingerprint density at radius 1 is 1.11 bits per heavy atom. The molecule has 100 valence electrons. The molecular weight excluding hydrogens is 246 g/mol. The summed E-state index contributed by atoms with van der Waals surface area (Å²) < 4.78 is 26.5. The average Bonchev–Trinajstić information content (AvgIpc) is 2.39. The van der Waals surface area contributed by atoms with Gasteiger partial charge in [-0.2, -0.15) is 0 Å². The van der Waals surface area contributed by atoms with Crippen LogP contribution in [0.25, 0.3) is 0 Å². The Bertz CT molecular complexity index is 543. The van der Waals surface area contributed by atoms with Crippen LogP contribution >= 0.6 is 0 Å². The second-order valence-corrected chi connectivity index (χ2v) is 4.56. The molecular formula is C15H16F2N2. The van der Waals surface area contributed by atoms with E-state index in [1.165, 1.54) is 12.1 Å². The van der Waals surface area contributed by atoms with E-state index in [9.17, 15) is 8.78 Å². The first kappa shape index (κ1) is 13.6. The monoisotopic (exact) mass is 262 g/mol. The summed E-state index contributed by atoms with van der Waals surface area (Å²) in [4.78, 5) is 4.05. The number of nitrogens with zero attached hydrogens (tertiary/aromatic N) is 1. The molecule has 1 unspecified atom stereocenters. The second kappa shape index (κ2) is 5.89. The van der Waals surface area contributed by atoms with Gasteiger partial charge in [-0.3, -0.25) is 4.98 Å². The van der Waals surface area contributed by atoms with Crippen molar-refractivity contribution >= 4 is 0 Å². The van der Waals surface area contributed by atoms with Crippen molar-refractivity contribution in [2.24, 2.45) is 0 Å². The predicted molar refractivity (Wildman–Crippen MR) is 70.6 cm³/mol. The van der Waals surface area contributed by atoms with Gasteiger partial charge in [0.2, 0.25) is 0 Å². The van der Waals surface area contributed by atoms with Gasteiger partial charge in [0, 0.05) is 36.1 Å². The number of aromatic nitrogens is 1. The Kier molecular flexibility index (Phi) is 4.22. The standard InChI is InChI=1S/C15H16F2N2/c1-10(12-4-3-7-18-9-12)19-11(2)14-6-5-13(16)8-15(14)17/h3-11,19H,1-2H3/t10-,11?/m1/s1. The minimum Gasteiger partial charge on any atom is -0.303 e. The third-order valence-electron chi connectivity index (χ3n) is 3.11. The molecule has 0 saturated carbocycles. The number of pyridine rings is 1. The van der Waals surface area contributed by atoms with Crippen LogP contribution in [0.4, 0.5) is 8.78 Å². The van der Waals surface area contributed by atoms with E-state index in [4.69, 9.17) is 0 Å². The highest BCUT2D eigenvalue weighted by Gasteiger charge is 2.14. The van der Waals surface area contributed by atoms with E-state index >= 15 is 0 Å². The predicted octanol–water partition coefficient (Wildman–Crippen LogP) is 3.77. The van der Waals surface area contributed by atoms with E-state index in [1.807, 2.05) is 26.0 Å². The van der Waals surface area contributed by atoms with Crippen molar-refractivity contribution in [2.75, 3.05) is 0 Å². The summed E-state index contributed by atoms with van der Waals surface area (Å²) in [6, 6.07) is 7.28. The second-order valence-electron chi connectivity index (χ2n) is 4.56. The van der Waals surface area contributed by atoms with Crippen molar-refractivity contribution in [3.8, 4) is 0 Å². The first-order valence-electron chi connectivity index (χ1n) is 6.19. The van der Waals surface area contributed by atoms with E-state index in [0.717, 1.165) is 11.6 Å². The fourth-order valence-corrected chi connectivity index (χ4v) is 2.05. The summed E-state index contributed by atoms with van der Waals surface area (Å²) in [5, 5.41) is 3.27. The number of nitrogens with one attached hydrogen (secondary N) is 1. The van der Waals surface area contributed by atoms with Gasteiger partial charge in [0.05, 0.1) is 0 Å². The van der Waals surface area contributed by atoms with E-state index in [0.29, 0.717) is 5.56 Å². The molecule has 0 fully saturated rings. The smallest absolute Gasteiger partial charge is 0.130 e. The highest BCUT2D eigenvalue weighted by Crippen LogP contribution is 2.21. The molecule has 2 nitrogen and oxygen atoms in total. The molecule has 0 aliphatic carbocycles. The first-order valence-corrected chi connectivity index (χ1v) is 6.19. The molecule has 19 heavy (non-hydrogen) atoms. The van der Waals surface area contributed by atoms with Gasteiger partial charge < -0.3 is 5.32 Å². The van der Waals surface area contributed by atoms with Crippen molar-refractivity contribution in [2.45, 2.75) is 25.9 Å². The molecule has 2 rings (SSSR count). The summed E-state index contributed by atoms with van der Waals surface area (Å²) in [6.07, 6.45) is 3.48. The Morgan fingerprint density at radius 3 is 2.53 bits per heavy atom. The molecule has 0 aliphatic rings. The number of benzene rings is 1. The van der Waals surface area contributed by atoms with Gasteiger partial charge in [-0.15, -0.1) is 0 Å². The molecule has 1 N–H and O–H groups in total. The average molecular weight is 262 g/mol. The van der Waals surface area contributed by atoms with E-state index in [-0.39, 0.29) is 12.1 Å².